The first-order valence-corrected chi connectivity index (χ1v) is 5.75. The van der Waals surface area contributed by atoms with Crippen molar-refractivity contribution in [2.45, 2.75) is 11.1 Å². The van der Waals surface area contributed by atoms with Crippen LogP contribution in [0.3, 0.4) is 0 Å². The van der Waals surface area contributed by atoms with E-state index in [0.717, 1.165) is 23.9 Å². The van der Waals surface area contributed by atoms with Crippen molar-refractivity contribution in [1.29, 1.82) is 0 Å². The van der Waals surface area contributed by atoms with Crippen molar-refractivity contribution in [2.24, 2.45) is 16.8 Å². The van der Waals surface area contributed by atoms with Crippen LogP contribution in [0.1, 0.15) is 0 Å². The molecule has 0 bridgehead atoms. The molecule has 1 aromatic rings. The maximum Gasteiger partial charge on any atom is 0.399 e. The van der Waals surface area contributed by atoms with Crippen LogP contribution in [0, 0.1) is 11.7 Å². The third kappa shape index (κ3) is 4.10. The largest absolute Gasteiger partial charge is 0.409 e. The van der Waals surface area contributed by atoms with E-state index in [0.29, 0.717) is 4.90 Å². The number of hydrogen-bond donors (Lipinski definition) is 2. The summed E-state index contributed by atoms with van der Waals surface area (Å²) in [6.07, 6.45) is -4.59. The Morgan fingerprint density at radius 2 is 1.89 bits per heavy atom. The van der Waals surface area contributed by atoms with Gasteiger partial charge in [-0.25, -0.2) is 4.39 Å². The van der Waals surface area contributed by atoms with E-state index in [1.165, 1.54) is 12.1 Å². The summed E-state index contributed by atoms with van der Waals surface area (Å²) in [7, 11) is 0. The number of amidine groups is 1. The molecule has 3 N–H and O–H groups in total. The standard InChI is InChI=1S/C10H10F4N2OS/c11-6-1-3-7(4-2-6)18-5-8(9(15)16-17)10(12,13)14/h1-4,8,17H,5H2,(H2,15,16). The molecular formula is C10H10F4N2OS. The molecule has 0 aliphatic heterocycles. The molecule has 0 aromatic heterocycles. The van der Waals surface area contributed by atoms with Crippen molar-refractivity contribution in [3.8, 4) is 0 Å². The molecule has 0 radical (unpaired) electrons. The second kappa shape index (κ2) is 5.94. The Morgan fingerprint density at radius 1 is 1.33 bits per heavy atom. The predicted octanol–water partition coefficient (Wildman–Crippen LogP) is 2.84. The molecule has 8 heteroatoms. The number of alkyl halides is 3. The van der Waals surface area contributed by atoms with Crippen LogP contribution in [0.4, 0.5) is 17.6 Å². The molecule has 0 spiro atoms. The van der Waals surface area contributed by atoms with E-state index >= 15 is 0 Å². The van der Waals surface area contributed by atoms with Gasteiger partial charge in [0, 0.05) is 10.6 Å². The lowest BCUT2D eigenvalue weighted by Gasteiger charge is -2.18. The molecule has 1 aromatic carbocycles. The highest BCUT2D eigenvalue weighted by Gasteiger charge is 2.42. The minimum atomic E-state index is -4.59. The summed E-state index contributed by atoms with van der Waals surface area (Å²) in [5.41, 5.74) is 5.00. The molecule has 1 atom stereocenters. The first kappa shape index (κ1) is 14.6. The lowest BCUT2D eigenvalue weighted by Crippen LogP contribution is -2.37. The van der Waals surface area contributed by atoms with Crippen molar-refractivity contribution < 1.29 is 22.8 Å². The van der Waals surface area contributed by atoms with Crippen molar-refractivity contribution in [2.75, 3.05) is 5.75 Å². The van der Waals surface area contributed by atoms with Crippen LogP contribution in [0.25, 0.3) is 0 Å². The van der Waals surface area contributed by atoms with Gasteiger partial charge < -0.3 is 10.9 Å². The Bertz CT molecular complexity index is 419. The third-order valence-corrected chi connectivity index (χ3v) is 3.20. The molecule has 0 saturated carbocycles. The zero-order valence-corrected chi connectivity index (χ0v) is 9.80. The molecule has 0 amide bonds. The molecule has 0 saturated heterocycles. The average Bonchev–Trinajstić information content (AvgIpc) is 2.29. The van der Waals surface area contributed by atoms with Gasteiger partial charge in [0.25, 0.3) is 0 Å². The highest BCUT2D eigenvalue weighted by Crippen LogP contribution is 2.31. The Kier molecular flexibility index (Phi) is 4.83. The van der Waals surface area contributed by atoms with Crippen molar-refractivity contribution in [3.63, 3.8) is 0 Å². The minimum Gasteiger partial charge on any atom is -0.409 e. The van der Waals surface area contributed by atoms with Gasteiger partial charge in [-0.15, -0.1) is 11.8 Å². The molecule has 0 aliphatic rings. The number of rotatable bonds is 4. The second-order valence-electron chi connectivity index (χ2n) is 3.38. The smallest absolute Gasteiger partial charge is 0.399 e. The fourth-order valence-electron chi connectivity index (χ4n) is 1.13. The lowest BCUT2D eigenvalue weighted by molar-refractivity contribution is -0.150. The summed E-state index contributed by atoms with van der Waals surface area (Å²) < 4.78 is 50.3. The van der Waals surface area contributed by atoms with Crippen LogP contribution in [0.2, 0.25) is 0 Å². The molecule has 0 fully saturated rings. The molecule has 0 aliphatic carbocycles. The topological polar surface area (TPSA) is 58.6 Å². The lowest BCUT2D eigenvalue weighted by atomic mass is 10.1. The first-order valence-electron chi connectivity index (χ1n) is 4.77. The van der Waals surface area contributed by atoms with Gasteiger partial charge in [-0.1, -0.05) is 5.16 Å². The number of halogens is 4. The van der Waals surface area contributed by atoms with E-state index in [1.807, 2.05) is 0 Å². The second-order valence-corrected chi connectivity index (χ2v) is 4.48. The van der Waals surface area contributed by atoms with E-state index in [-0.39, 0.29) is 0 Å². The Morgan fingerprint density at radius 3 is 2.33 bits per heavy atom. The quantitative estimate of drug-likeness (QED) is 0.223. The molecule has 18 heavy (non-hydrogen) atoms. The zero-order chi connectivity index (χ0) is 13.8. The van der Waals surface area contributed by atoms with Crippen LogP contribution in [-0.4, -0.2) is 23.0 Å². The van der Waals surface area contributed by atoms with Gasteiger partial charge in [0.15, 0.2) is 5.84 Å². The average molecular weight is 282 g/mol. The minimum absolute atomic E-state index is 0.439. The highest BCUT2D eigenvalue weighted by molar-refractivity contribution is 7.99. The van der Waals surface area contributed by atoms with Gasteiger partial charge in [0.05, 0.1) is 0 Å². The summed E-state index contributed by atoms with van der Waals surface area (Å²) in [5, 5.41) is 10.7. The van der Waals surface area contributed by atoms with Crippen molar-refractivity contribution in [1.82, 2.24) is 0 Å². The number of hydrogen-bond acceptors (Lipinski definition) is 3. The zero-order valence-electron chi connectivity index (χ0n) is 8.99. The van der Waals surface area contributed by atoms with Gasteiger partial charge >= 0.3 is 6.18 Å². The molecule has 3 nitrogen and oxygen atoms in total. The molecule has 0 heterocycles. The summed E-state index contributed by atoms with van der Waals surface area (Å²) in [6, 6.07) is 5.02. The summed E-state index contributed by atoms with van der Waals surface area (Å²) in [5.74, 6) is -3.84. The normalized spacial score (nSPS) is 14.6. The number of nitrogens with two attached hydrogens (primary N) is 1. The number of thioether (sulfide) groups is 1. The number of nitrogens with zero attached hydrogens (tertiary/aromatic N) is 1. The highest BCUT2D eigenvalue weighted by atomic mass is 32.2. The SMILES string of the molecule is N/C(=N/O)C(CSc1ccc(F)cc1)C(F)(F)F. The summed E-state index contributed by atoms with van der Waals surface area (Å²) in [6.45, 7) is 0. The summed E-state index contributed by atoms with van der Waals surface area (Å²) in [4.78, 5) is 0.469. The molecule has 1 unspecified atom stereocenters. The van der Waals surface area contributed by atoms with E-state index in [2.05, 4.69) is 5.16 Å². The van der Waals surface area contributed by atoms with E-state index in [9.17, 15) is 17.6 Å². The Labute approximate surface area is 105 Å². The fraction of sp³-hybridized carbons (Fsp3) is 0.300. The van der Waals surface area contributed by atoms with Crippen LogP contribution in [-0.2, 0) is 0 Å². The van der Waals surface area contributed by atoms with Gasteiger partial charge in [-0.2, -0.15) is 13.2 Å². The Balaban J connectivity index is 2.71. The van der Waals surface area contributed by atoms with Gasteiger partial charge in [0.2, 0.25) is 0 Å². The van der Waals surface area contributed by atoms with E-state index in [4.69, 9.17) is 10.9 Å². The first-order chi connectivity index (χ1) is 8.34. The molecule has 1 rings (SSSR count). The van der Waals surface area contributed by atoms with Gasteiger partial charge in [-0.05, 0) is 24.3 Å². The number of benzene rings is 1. The summed E-state index contributed by atoms with van der Waals surface area (Å²) >= 11 is 0.849. The van der Waals surface area contributed by atoms with Gasteiger partial charge in [0.1, 0.15) is 11.7 Å². The third-order valence-electron chi connectivity index (χ3n) is 2.10. The van der Waals surface area contributed by atoms with Crippen LogP contribution in [0.15, 0.2) is 34.3 Å². The van der Waals surface area contributed by atoms with Crippen molar-refractivity contribution in [3.05, 3.63) is 30.1 Å². The fourth-order valence-corrected chi connectivity index (χ4v) is 2.18. The molecule has 100 valence electrons. The van der Waals surface area contributed by atoms with E-state index in [1.54, 1.807) is 0 Å². The maximum atomic E-state index is 12.6. The predicted molar refractivity (Wildman–Crippen MR) is 60.1 cm³/mol. The van der Waals surface area contributed by atoms with Crippen LogP contribution in [0.5, 0.6) is 0 Å². The van der Waals surface area contributed by atoms with E-state index < -0.39 is 29.5 Å². The van der Waals surface area contributed by atoms with Crippen molar-refractivity contribution >= 4 is 17.6 Å². The van der Waals surface area contributed by atoms with Gasteiger partial charge in [-0.3, -0.25) is 0 Å². The van der Waals surface area contributed by atoms with Crippen LogP contribution >= 0.6 is 11.8 Å². The number of oxime groups is 1. The Hall–Kier alpha value is -1.44. The van der Waals surface area contributed by atoms with Crippen LogP contribution < -0.4 is 5.73 Å². The maximum absolute atomic E-state index is 12.6. The molecular weight excluding hydrogens is 272 g/mol. The monoisotopic (exact) mass is 282 g/mol.